The zero-order valence-electron chi connectivity index (χ0n) is 13.9. The van der Waals surface area contributed by atoms with Crippen LogP contribution >= 0.6 is 0 Å². The molecular weight excluding hydrogens is 353 g/mol. The molecule has 2 aromatic rings. The van der Waals surface area contributed by atoms with Crippen LogP contribution in [0, 0.1) is 0 Å². The second-order valence-electron chi connectivity index (χ2n) is 6.31. The lowest BCUT2D eigenvalue weighted by molar-refractivity contribution is -0.181. The van der Waals surface area contributed by atoms with Crippen LogP contribution < -0.4 is 0 Å². The Hall–Kier alpha value is -1.94. The maximum Gasteiger partial charge on any atom is 0.435 e. The molecule has 1 aromatic carbocycles. The number of ether oxygens (including phenoxy) is 1. The maximum absolute atomic E-state index is 12.9. The van der Waals surface area contributed by atoms with Gasteiger partial charge in [-0.05, 0) is 17.7 Å². The van der Waals surface area contributed by atoms with E-state index in [-0.39, 0.29) is 12.1 Å². The highest BCUT2D eigenvalue weighted by atomic mass is 19.4. The number of halogens is 3. The van der Waals surface area contributed by atoms with E-state index in [1.807, 2.05) is 0 Å². The molecule has 4 unspecified atom stereocenters. The van der Waals surface area contributed by atoms with Crippen LogP contribution in [0.15, 0.2) is 30.3 Å². The lowest BCUT2D eigenvalue weighted by Gasteiger charge is -2.36. The van der Waals surface area contributed by atoms with Crippen LogP contribution in [0.4, 0.5) is 13.2 Å². The molecule has 0 radical (unpaired) electrons. The second kappa shape index (κ2) is 6.99. The molecule has 142 valence electrons. The van der Waals surface area contributed by atoms with Crippen molar-refractivity contribution in [3.8, 4) is 11.3 Å². The topological polar surface area (TPSA) is 87.7 Å². The average molecular weight is 372 g/mol. The Kier molecular flexibility index (Phi) is 5.07. The summed E-state index contributed by atoms with van der Waals surface area (Å²) in [4.78, 5) is 0. The van der Waals surface area contributed by atoms with Crippen LogP contribution in [0.1, 0.15) is 23.8 Å². The van der Waals surface area contributed by atoms with Gasteiger partial charge in [-0.15, -0.1) is 0 Å². The van der Waals surface area contributed by atoms with E-state index < -0.39 is 42.9 Å². The van der Waals surface area contributed by atoms with Crippen molar-refractivity contribution in [2.45, 2.75) is 37.0 Å². The summed E-state index contributed by atoms with van der Waals surface area (Å²) in [6, 6.07) is 7.51. The minimum Gasteiger partial charge on any atom is -0.394 e. The Morgan fingerprint density at radius 2 is 1.96 bits per heavy atom. The number of aliphatic hydroxyl groups excluding tert-OH is 3. The molecule has 1 aliphatic heterocycles. The summed E-state index contributed by atoms with van der Waals surface area (Å²) in [5.74, 6) is 0. The molecule has 6 nitrogen and oxygen atoms in total. The summed E-state index contributed by atoms with van der Waals surface area (Å²) in [6.45, 7) is -0.402. The van der Waals surface area contributed by atoms with Crippen LogP contribution in [-0.4, -0.2) is 50.0 Å². The highest BCUT2D eigenvalue weighted by Gasteiger charge is 2.37. The Morgan fingerprint density at radius 3 is 2.58 bits per heavy atom. The van der Waals surface area contributed by atoms with Gasteiger partial charge in [-0.2, -0.15) is 18.3 Å². The van der Waals surface area contributed by atoms with E-state index in [4.69, 9.17) is 4.74 Å². The fraction of sp³-hybridized carbons (Fsp3) is 0.471. The Bertz CT molecular complexity index is 778. The summed E-state index contributed by atoms with van der Waals surface area (Å²) in [5.41, 5.74) is 0.298. The number of aryl methyl sites for hydroxylation is 1. The van der Waals surface area contributed by atoms with Crippen LogP contribution in [0.3, 0.4) is 0 Å². The molecule has 1 aromatic heterocycles. The normalized spacial score (nSPS) is 26.9. The molecule has 1 aliphatic rings. The quantitative estimate of drug-likeness (QED) is 0.763. The highest BCUT2D eigenvalue weighted by molar-refractivity contribution is 5.61. The number of hydrogen-bond acceptors (Lipinski definition) is 5. The van der Waals surface area contributed by atoms with Gasteiger partial charge >= 0.3 is 6.18 Å². The number of nitrogens with zero attached hydrogens (tertiary/aromatic N) is 2. The van der Waals surface area contributed by atoms with Gasteiger partial charge in [0.15, 0.2) is 5.69 Å². The van der Waals surface area contributed by atoms with Crippen LogP contribution in [0.5, 0.6) is 0 Å². The summed E-state index contributed by atoms with van der Waals surface area (Å²) < 4.78 is 45.3. The number of rotatable bonds is 3. The van der Waals surface area contributed by atoms with Gasteiger partial charge in [0.2, 0.25) is 0 Å². The number of aromatic nitrogens is 2. The minimum atomic E-state index is -4.54. The van der Waals surface area contributed by atoms with Crippen LogP contribution in [0.2, 0.25) is 0 Å². The molecule has 0 spiro atoms. The second-order valence-corrected chi connectivity index (χ2v) is 6.31. The molecule has 26 heavy (non-hydrogen) atoms. The first-order chi connectivity index (χ1) is 12.2. The Labute approximate surface area is 147 Å². The van der Waals surface area contributed by atoms with E-state index in [0.717, 1.165) is 10.7 Å². The molecule has 9 heteroatoms. The molecule has 0 saturated carbocycles. The standard InChI is InChI=1S/C17H19F3N2O4/c1-22-11(6-15(21-22)17(18,19)20)9-3-2-4-10(5-9)16-13(25)7-12(24)14(8-23)26-16/h2-6,12-14,16,23-25H,7-8H2,1H3. The monoisotopic (exact) mass is 372 g/mol. The van der Waals surface area contributed by atoms with Gasteiger partial charge in [-0.1, -0.05) is 18.2 Å². The Morgan fingerprint density at radius 1 is 1.23 bits per heavy atom. The molecule has 1 fully saturated rings. The molecule has 3 N–H and O–H groups in total. The van der Waals surface area contributed by atoms with Crippen LogP contribution in [0.25, 0.3) is 11.3 Å². The van der Waals surface area contributed by atoms with Crippen molar-refractivity contribution >= 4 is 0 Å². The molecule has 1 saturated heterocycles. The van der Waals surface area contributed by atoms with Crippen LogP contribution in [-0.2, 0) is 18.0 Å². The van der Waals surface area contributed by atoms with Gasteiger partial charge in [0.1, 0.15) is 12.2 Å². The number of hydrogen-bond donors (Lipinski definition) is 3. The molecule has 2 heterocycles. The number of aliphatic hydroxyl groups is 3. The van der Waals surface area contributed by atoms with Crippen molar-refractivity contribution in [1.82, 2.24) is 9.78 Å². The van der Waals surface area contributed by atoms with Gasteiger partial charge < -0.3 is 20.1 Å². The van der Waals surface area contributed by atoms with Crippen molar-refractivity contribution in [2.75, 3.05) is 6.61 Å². The summed E-state index contributed by atoms with van der Waals surface area (Å²) in [5, 5.41) is 32.8. The first-order valence-corrected chi connectivity index (χ1v) is 8.04. The SMILES string of the molecule is Cn1nc(C(F)(F)F)cc1-c1cccc(C2OC(CO)C(O)CC2O)c1. The largest absolute Gasteiger partial charge is 0.435 e. The molecule has 0 amide bonds. The fourth-order valence-corrected chi connectivity index (χ4v) is 3.11. The van der Waals surface area contributed by atoms with Gasteiger partial charge in [-0.25, -0.2) is 0 Å². The van der Waals surface area contributed by atoms with Crippen molar-refractivity contribution in [3.63, 3.8) is 0 Å². The van der Waals surface area contributed by atoms with E-state index in [1.165, 1.54) is 7.05 Å². The molecular formula is C17H19F3N2O4. The fourth-order valence-electron chi connectivity index (χ4n) is 3.11. The molecule has 4 atom stereocenters. The van der Waals surface area contributed by atoms with Gasteiger partial charge in [-0.3, -0.25) is 4.68 Å². The third-order valence-corrected chi connectivity index (χ3v) is 4.44. The maximum atomic E-state index is 12.9. The van der Waals surface area contributed by atoms with Crippen molar-refractivity contribution < 1.29 is 33.2 Å². The first-order valence-electron chi connectivity index (χ1n) is 8.04. The summed E-state index contributed by atoms with van der Waals surface area (Å²) >= 11 is 0. The summed E-state index contributed by atoms with van der Waals surface area (Å²) in [7, 11) is 1.42. The van der Waals surface area contributed by atoms with E-state index in [2.05, 4.69) is 5.10 Å². The van der Waals surface area contributed by atoms with E-state index in [1.54, 1.807) is 24.3 Å². The lowest BCUT2D eigenvalue weighted by atomic mass is 9.92. The van der Waals surface area contributed by atoms with E-state index in [9.17, 15) is 28.5 Å². The zero-order valence-corrected chi connectivity index (χ0v) is 13.9. The van der Waals surface area contributed by atoms with Crippen molar-refractivity contribution in [1.29, 1.82) is 0 Å². The summed E-state index contributed by atoms with van der Waals surface area (Å²) in [6.07, 6.45) is -8.13. The Balaban J connectivity index is 1.93. The minimum absolute atomic E-state index is 0.0318. The first kappa shape index (κ1) is 18.8. The zero-order chi connectivity index (χ0) is 19.1. The third-order valence-electron chi connectivity index (χ3n) is 4.44. The number of alkyl halides is 3. The predicted octanol–water partition coefficient (Wildman–Crippen LogP) is 1.65. The van der Waals surface area contributed by atoms with Gasteiger partial charge in [0.25, 0.3) is 0 Å². The molecule has 0 bridgehead atoms. The van der Waals surface area contributed by atoms with Crippen molar-refractivity contribution in [3.05, 3.63) is 41.6 Å². The van der Waals surface area contributed by atoms with E-state index in [0.29, 0.717) is 11.1 Å². The number of benzene rings is 1. The molecule has 0 aliphatic carbocycles. The van der Waals surface area contributed by atoms with Gasteiger partial charge in [0.05, 0.1) is 24.5 Å². The third kappa shape index (κ3) is 3.61. The van der Waals surface area contributed by atoms with Gasteiger partial charge in [0, 0.05) is 19.0 Å². The lowest BCUT2D eigenvalue weighted by Crippen LogP contribution is -2.44. The molecule has 3 rings (SSSR count). The average Bonchev–Trinajstić information content (AvgIpc) is 2.97. The predicted molar refractivity (Wildman–Crippen MR) is 85.0 cm³/mol. The smallest absolute Gasteiger partial charge is 0.394 e. The highest BCUT2D eigenvalue weighted by Crippen LogP contribution is 2.35. The van der Waals surface area contributed by atoms with E-state index >= 15 is 0 Å². The van der Waals surface area contributed by atoms with Crippen molar-refractivity contribution in [2.24, 2.45) is 7.05 Å².